The lowest BCUT2D eigenvalue weighted by Gasteiger charge is -2.14. The molecule has 0 fully saturated rings. The van der Waals surface area contributed by atoms with Gasteiger partial charge >= 0.3 is 0 Å². The fourth-order valence-corrected chi connectivity index (χ4v) is 1.66. The Hall–Kier alpha value is -1.35. The average Bonchev–Trinajstić information content (AvgIpc) is 2.38. The highest BCUT2D eigenvalue weighted by Crippen LogP contribution is 2.06. The molecule has 1 aromatic carbocycles. The van der Waals surface area contributed by atoms with Gasteiger partial charge < -0.3 is 10.4 Å². The summed E-state index contributed by atoms with van der Waals surface area (Å²) >= 11 is 0. The Balaban J connectivity index is 2.40. The number of hydrogen-bond donors (Lipinski definition) is 2. The van der Waals surface area contributed by atoms with Crippen LogP contribution in [0, 0.1) is 5.92 Å². The van der Waals surface area contributed by atoms with Crippen molar-refractivity contribution in [2.24, 2.45) is 5.92 Å². The number of aryl methyl sites for hydroxylation is 1. The lowest BCUT2D eigenvalue weighted by atomic mass is 10.0. The highest BCUT2D eigenvalue weighted by atomic mass is 16.3. The van der Waals surface area contributed by atoms with Crippen LogP contribution in [0.1, 0.15) is 43.1 Å². The minimum Gasteiger partial charge on any atom is -0.393 e. The maximum atomic E-state index is 11.8. The molecular weight excluding hydrogens is 226 g/mol. The molecule has 0 saturated carbocycles. The normalized spacial score (nSPS) is 12.5. The van der Waals surface area contributed by atoms with Crippen LogP contribution in [0.4, 0.5) is 0 Å². The third kappa shape index (κ3) is 4.49. The van der Waals surface area contributed by atoms with E-state index < -0.39 is 0 Å². The molecule has 0 aliphatic rings. The van der Waals surface area contributed by atoms with Crippen LogP contribution in [0.3, 0.4) is 0 Å². The monoisotopic (exact) mass is 249 g/mol. The molecule has 100 valence electrons. The Morgan fingerprint density at radius 3 is 2.39 bits per heavy atom. The molecule has 1 unspecified atom stereocenters. The molecule has 1 amide bonds. The molecule has 0 saturated heterocycles. The highest BCUT2D eigenvalue weighted by Gasteiger charge is 2.10. The summed E-state index contributed by atoms with van der Waals surface area (Å²) in [5.74, 6) is 0.152. The van der Waals surface area contributed by atoms with E-state index in [9.17, 15) is 9.90 Å². The van der Waals surface area contributed by atoms with Crippen LogP contribution in [0.5, 0.6) is 0 Å². The number of carbonyl (C=O) groups excluding carboxylic acids is 1. The maximum Gasteiger partial charge on any atom is 0.251 e. The van der Waals surface area contributed by atoms with Crippen molar-refractivity contribution in [3.8, 4) is 0 Å². The van der Waals surface area contributed by atoms with Crippen LogP contribution in [-0.2, 0) is 6.42 Å². The van der Waals surface area contributed by atoms with E-state index in [1.165, 1.54) is 5.56 Å². The number of benzene rings is 1. The van der Waals surface area contributed by atoms with E-state index in [1.807, 2.05) is 38.1 Å². The van der Waals surface area contributed by atoms with E-state index in [0.29, 0.717) is 18.5 Å². The zero-order chi connectivity index (χ0) is 13.5. The van der Waals surface area contributed by atoms with Crippen LogP contribution in [0.2, 0.25) is 0 Å². The van der Waals surface area contributed by atoms with Gasteiger partial charge in [0.1, 0.15) is 0 Å². The van der Waals surface area contributed by atoms with Gasteiger partial charge in [0.2, 0.25) is 0 Å². The van der Waals surface area contributed by atoms with Gasteiger partial charge in [-0.15, -0.1) is 0 Å². The molecule has 3 heteroatoms. The van der Waals surface area contributed by atoms with Gasteiger partial charge in [-0.2, -0.15) is 0 Å². The summed E-state index contributed by atoms with van der Waals surface area (Å²) in [5, 5.41) is 12.5. The van der Waals surface area contributed by atoms with Crippen molar-refractivity contribution >= 4 is 5.91 Å². The van der Waals surface area contributed by atoms with Crippen molar-refractivity contribution < 1.29 is 9.90 Å². The van der Waals surface area contributed by atoms with Gasteiger partial charge in [-0.1, -0.05) is 32.9 Å². The number of amides is 1. The van der Waals surface area contributed by atoms with Crippen LogP contribution < -0.4 is 5.32 Å². The van der Waals surface area contributed by atoms with Crippen molar-refractivity contribution in [2.75, 3.05) is 6.54 Å². The molecule has 1 rings (SSSR count). The Bertz CT molecular complexity index is 371. The molecule has 0 aromatic heterocycles. The molecule has 1 atom stereocenters. The fourth-order valence-electron chi connectivity index (χ4n) is 1.66. The smallest absolute Gasteiger partial charge is 0.251 e. The summed E-state index contributed by atoms with van der Waals surface area (Å²) in [5.41, 5.74) is 1.90. The third-order valence-electron chi connectivity index (χ3n) is 3.12. The van der Waals surface area contributed by atoms with E-state index in [4.69, 9.17) is 0 Å². The second kappa shape index (κ2) is 7.17. The Morgan fingerprint density at radius 2 is 1.89 bits per heavy atom. The summed E-state index contributed by atoms with van der Waals surface area (Å²) in [6.45, 7) is 6.53. The average molecular weight is 249 g/mol. The Kier molecular flexibility index (Phi) is 5.86. The zero-order valence-electron chi connectivity index (χ0n) is 11.4. The molecule has 3 nitrogen and oxygen atoms in total. The van der Waals surface area contributed by atoms with Crippen molar-refractivity contribution in [1.29, 1.82) is 0 Å². The third-order valence-corrected chi connectivity index (χ3v) is 3.12. The molecule has 0 radical (unpaired) electrons. The summed E-state index contributed by atoms with van der Waals surface area (Å²) in [7, 11) is 0. The Morgan fingerprint density at radius 1 is 1.28 bits per heavy atom. The number of hydrogen-bond acceptors (Lipinski definition) is 2. The van der Waals surface area contributed by atoms with Gasteiger partial charge in [0.25, 0.3) is 5.91 Å². The summed E-state index contributed by atoms with van der Waals surface area (Å²) < 4.78 is 0. The first-order chi connectivity index (χ1) is 8.54. The van der Waals surface area contributed by atoms with Gasteiger partial charge in [0.15, 0.2) is 0 Å². The van der Waals surface area contributed by atoms with Gasteiger partial charge in [-0.05, 0) is 36.5 Å². The lowest BCUT2D eigenvalue weighted by molar-refractivity contribution is 0.0920. The van der Waals surface area contributed by atoms with Crippen LogP contribution in [-0.4, -0.2) is 23.7 Å². The minimum atomic E-state index is -0.354. The van der Waals surface area contributed by atoms with E-state index in [2.05, 4.69) is 12.2 Å². The van der Waals surface area contributed by atoms with Crippen LogP contribution in [0.25, 0.3) is 0 Å². The van der Waals surface area contributed by atoms with E-state index >= 15 is 0 Å². The first-order valence-electron chi connectivity index (χ1n) is 6.59. The first-order valence-corrected chi connectivity index (χ1v) is 6.59. The van der Waals surface area contributed by atoms with Crippen molar-refractivity contribution in [3.63, 3.8) is 0 Å². The first kappa shape index (κ1) is 14.7. The fraction of sp³-hybridized carbons (Fsp3) is 0.533. The van der Waals surface area contributed by atoms with E-state index in [1.54, 1.807) is 0 Å². The maximum absolute atomic E-state index is 11.8. The summed E-state index contributed by atoms with van der Waals surface area (Å²) in [6, 6.07) is 7.62. The largest absolute Gasteiger partial charge is 0.393 e. The van der Waals surface area contributed by atoms with Crippen molar-refractivity contribution in [2.45, 2.75) is 39.7 Å². The minimum absolute atomic E-state index is 0.0754. The number of nitrogens with one attached hydrogen (secondary N) is 1. The van der Waals surface area contributed by atoms with E-state index in [0.717, 1.165) is 6.42 Å². The van der Waals surface area contributed by atoms with Crippen LogP contribution >= 0.6 is 0 Å². The molecule has 18 heavy (non-hydrogen) atoms. The molecule has 0 aliphatic heterocycles. The predicted molar refractivity (Wildman–Crippen MR) is 73.6 cm³/mol. The standard InChI is InChI=1S/C15H23NO2/c1-4-12-5-7-13(8-6-12)15(18)16-10-9-14(17)11(2)3/h5-8,11,14,17H,4,9-10H2,1-3H3,(H,16,18). The van der Waals surface area contributed by atoms with Crippen molar-refractivity contribution in [3.05, 3.63) is 35.4 Å². The quantitative estimate of drug-likeness (QED) is 0.813. The molecule has 0 aliphatic carbocycles. The molecule has 1 aromatic rings. The summed E-state index contributed by atoms with van der Waals surface area (Å²) in [6.07, 6.45) is 1.21. The topological polar surface area (TPSA) is 49.3 Å². The lowest BCUT2D eigenvalue weighted by Crippen LogP contribution is -2.28. The highest BCUT2D eigenvalue weighted by molar-refractivity contribution is 5.94. The molecule has 0 bridgehead atoms. The van der Waals surface area contributed by atoms with Crippen molar-refractivity contribution in [1.82, 2.24) is 5.32 Å². The molecule has 0 spiro atoms. The van der Waals surface area contributed by atoms with Gasteiger partial charge in [0, 0.05) is 12.1 Å². The second-order valence-electron chi connectivity index (χ2n) is 4.91. The number of aliphatic hydroxyl groups is 1. The van der Waals surface area contributed by atoms with Gasteiger partial charge in [-0.3, -0.25) is 4.79 Å². The molecule has 2 N–H and O–H groups in total. The molecule has 0 heterocycles. The predicted octanol–water partition coefficient (Wildman–Crippen LogP) is 2.39. The number of rotatable bonds is 6. The summed E-state index contributed by atoms with van der Waals surface area (Å²) in [4.78, 5) is 11.8. The zero-order valence-corrected chi connectivity index (χ0v) is 11.4. The van der Waals surface area contributed by atoms with Crippen LogP contribution in [0.15, 0.2) is 24.3 Å². The second-order valence-corrected chi connectivity index (χ2v) is 4.91. The molecular formula is C15H23NO2. The Labute approximate surface area is 109 Å². The van der Waals surface area contributed by atoms with Gasteiger partial charge in [0.05, 0.1) is 6.10 Å². The SMILES string of the molecule is CCc1ccc(C(=O)NCCC(O)C(C)C)cc1. The van der Waals surface area contributed by atoms with E-state index in [-0.39, 0.29) is 17.9 Å². The van der Waals surface area contributed by atoms with Gasteiger partial charge in [-0.25, -0.2) is 0 Å². The number of aliphatic hydroxyl groups excluding tert-OH is 1. The number of carbonyl (C=O) groups is 1.